The van der Waals surface area contributed by atoms with Crippen LogP contribution in [-0.4, -0.2) is 55.3 Å². The van der Waals surface area contributed by atoms with Crippen LogP contribution in [0.5, 0.6) is 0 Å². The Balaban J connectivity index is 1.41. The first-order valence-electron chi connectivity index (χ1n) is 8.43. The van der Waals surface area contributed by atoms with E-state index in [1.165, 1.54) is 0 Å². The number of hydrogen-bond acceptors (Lipinski definition) is 5. The number of anilines is 3. The fourth-order valence-electron chi connectivity index (χ4n) is 2.55. The average Bonchev–Trinajstić information content (AvgIpc) is 2.65. The van der Waals surface area contributed by atoms with E-state index in [1.54, 1.807) is 6.20 Å². The lowest BCUT2D eigenvalue weighted by atomic mass is 10.3. The highest BCUT2D eigenvalue weighted by Gasteiger charge is 2.09. The van der Waals surface area contributed by atoms with Crippen LogP contribution >= 0.6 is 0 Å². The first kappa shape index (κ1) is 17.2. The summed E-state index contributed by atoms with van der Waals surface area (Å²) in [5.74, 6) is 0.794. The first-order valence-corrected chi connectivity index (χ1v) is 8.43. The van der Waals surface area contributed by atoms with Crippen molar-refractivity contribution in [3.05, 3.63) is 48.7 Å². The molecule has 132 valence electrons. The summed E-state index contributed by atoms with van der Waals surface area (Å²) in [5.41, 5.74) is 1.39. The molecule has 0 saturated carbocycles. The Morgan fingerprint density at radius 2 is 1.80 bits per heavy atom. The number of nitrogens with one attached hydrogen (secondary N) is 3. The molecule has 1 aromatic carbocycles. The fourth-order valence-corrected chi connectivity index (χ4v) is 2.55. The van der Waals surface area contributed by atoms with Crippen molar-refractivity contribution in [2.45, 2.75) is 0 Å². The molecule has 1 fully saturated rings. The van der Waals surface area contributed by atoms with Gasteiger partial charge in [0.25, 0.3) is 0 Å². The van der Waals surface area contributed by atoms with Gasteiger partial charge in [0.05, 0.1) is 25.1 Å². The normalized spacial score (nSPS) is 14.7. The largest absolute Gasteiger partial charge is 0.379 e. The maximum atomic E-state index is 11.9. The first-order chi connectivity index (χ1) is 12.3. The van der Waals surface area contributed by atoms with Crippen molar-refractivity contribution in [3.63, 3.8) is 0 Å². The van der Waals surface area contributed by atoms with Gasteiger partial charge in [0.2, 0.25) is 0 Å². The predicted octanol–water partition coefficient (Wildman–Crippen LogP) is 2.47. The number of pyridine rings is 1. The Morgan fingerprint density at radius 1 is 1.04 bits per heavy atom. The maximum absolute atomic E-state index is 11.9. The van der Waals surface area contributed by atoms with Crippen molar-refractivity contribution in [1.82, 2.24) is 9.88 Å². The minimum Gasteiger partial charge on any atom is -0.379 e. The summed E-state index contributed by atoms with van der Waals surface area (Å²) in [7, 11) is 0. The van der Waals surface area contributed by atoms with E-state index in [-0.39, 0.29) is 6.03 Å². The molecule has 1 aliphatic rings. The number of nitrogens with zero attached hydrogens (tertiary/aromatic N) is 2. The van der Waals surface area contributed by atoms with E-state index in [0.29, 0.717) is 5.69 Å². The van der Waals surface area contributed by atoms with Gasteiger partial charge in [-0.15, -0.1) is 0 Å². The summed E-state index contributed by atoms with van der Waals surface area (Å²) in [5, 5.41) is 8.82. The van der Waals surface area contributed by atoms with Gasteiger partial charge in [-0.3, -0.25) is 4.90 Å². The van der Waals surface area contributed by atoms with E-state index in [1.807, 2.05) is 42.5 Å². The van der Waals surface area contributed by atoms with Crippen molar-refractivity contribution in [3.8, 4) is 0 Å². The Bertz CT molecular complexity index is 657. The molecule has 25 heavy (non-hydrogen) atoms. The third-order valence-corrected chi connectivity index (χ3v) is 3.89. The highest BCUT2D eigenvalue weighted by Crippen LogP contribution is 2.11. The molecule has 3 rings (SSSR count). The lowest BCUT2D eigenvalue weighted by molar-refractivity contribution is 0.0398. The molecule has 1 aromatic heterocycles. The Kier molecular flexibility index (Phi) is 6.19. The standard InChI is InChI=1S/C18H23N5O2/c24-18(21-15-4-2-1-3-5-15)22-16-6-7-17(20-14-16)19-8-9-23-10-12-25-13-11-23/h1-7,14H,8-13H2,(H,19,20)(H2,21,22,24). The second kappa shape index (κ2) is 9.00. The molecule has 2 aromatic rings. The molecule has 2 amide bonds. The number of aromatic nitrogens is 1. The molecule has 0 aliphatic carbocycles. The molecule has 2 heterocycles. The number of carbonyl (C=O) groups is 1. The molecule has 1 saturated heterocycles. The number of amides is 2. The fraction of sp³-hybridized carbons (Fsp3) is 0.333. The second-order valence-electron chi connectivity index (χ2n) is 5.76. The quantitative estimate of drug-likeness (QED) is 0.752. The third kappa shape index (κ3) is 5.74. The van der Waals surface area contributed by atoms with E-state index in [2.05, 4.69) is 25.8 Å². The molecule has 1 aliphatic heterocycles. The zero-order chi connectivity index (χ0) is 17.3. The summed E-state index contributed by atoms with van der Waals surface area (Å²) in [4.78, 5) is 18.6. The van der Waals surface area contributed by atoms with Gasteiger partial charge in [-0.25, -0.2) is 9.78 Å². The lowest BCUT2D eigenvalue weighted by Crippen LogP contribution is -2.39. The molecule has 0 radical (unpaired) electrons. The molecule has 0 bridgehead atoms. The summed E-state index contributed by atoms with van der Waals surface area (Å²) >= 11 is 0. The zero-order valence-electron chi connectivity index (χ0n) is 14.1. The Morgan fingerprint density at radius 3 is 2.52 bits per heavy atom. The molecular weight excluding hydrogens is 318 g/mol. The molecule has 7 heteroatoms. The van der Waals surface area contributed by atoms with Gasteiger partial charge < -0.3 is 20.7 Å². The van der Waals surface area contributed by atoms with Gasteiger partial charge in [0.1, 0.15) is 5.82 Å². The van der Waals surface area contributed by atoms with Crippen LogP contribution < -0.4 is 16.0 Å². The number of para-hydroxylation sites is 1. The SMILES string of the molecule is O=C(Nc1ccccc1)Nc1ccc(NCCN2CCOCC2)nc1. The molecule has 0 unspecified atom stereocenters. The van der Waals surface area contributed by atoms with E-state index >= 15 is 0 Å². The van der Waals surface area contributed by atoms with E-state index in [9.17, 15) is 4.79 Å². The lowest BCUT2D eigenvalue weighted by Gasteiger charge is -2.26. The van der Waals surface area contributed by atoms with Crippen LogP contribution in [0, 0.1) is 0 Å². The van der Waals surface area contributed by atoms with Crippen molar-refractivity contribution < 1.29 is 9.53 Å². The molecular formula is C18H23N5O2. The Hall–Kier alpha value is -2.64. The molecule has 0 spiro atoms. The highest BCUT2D eigenvalue weighted by molar-refractivity contribution is 5.99. The molecule has 7 nitrogen and oxygen atoms in total. The summed E-state index contributed by atoms with van der Waals surface area (Å²) in [6.07, 6.45) is 1.64. The van der Waals surface area contributed by atoms with Crippen LogP contribution in [0.1, 0.15) is 0 Å². The van der Waals surface area contributed by atoms with E-state index in [0.717, 1.165) is 50.9 Å². The minimum atomic E-state index is -0.291. The van der Waals surface area contributed by atoms with Crippen molar-refractivity contribution in [2.24, 2.45) is 0 Å². The number of benzene rings is 1. The summed E-state index contributed by atoms with van der Waals surface area (Å²) < 4.78 is 5.33. The van der Waals surface area contributed by atoms with Crippen molar-refractivity contribution >= 4 is 23.2 Å². The second-order valence-corrected chi connectivity index (χ2v) is 5.76. The topological polar surface area (TPSA) is 78.5 Å². The van der Waals surface area contributed by atoms with Crippen LogP contribution in [0.3, 0.4) is 0 Å². The summed E-state index contributed by atoms with van der Waals surface area (Å²) in [6.45, 7) is 5.37. The maximum Gasteiger partial charge on any atom is 0.323 e. The Labute approximate surface area is 147 Å². The number of rotatable bonds is 6. The number of hydrogen-bond donors (Lipinski definition) is 3. The number of ether oxygens (including phenoxy) is 1. The zero-order valence-corrected chi connectivity index (χ0v) is 14.1. The number of carbonyl (C=O) groups excluding carboxylic acids is 1. The summed E-state index contributed by atoms with van der Waals surface area (Å²) in [6, 6.07) is 12.7. The monoisotopic (exact) mass is 341 g/mol. The number of morpholine rings is 1. The van der Waals surface area contributed by atoms with Crippen LogP contribution in [0.4, 0.5) is 22.0 Å². The highest BCUT2D eigenvalue weighted by atomic mass is 16.5. The van der Waals surface area contributed by atoms with Gasteiger partial charge in [-0.2, -0.15) is 0 Å². The van der Waals surface area contributed by atoms with Crippen LogP contribution in [-0.2, 0) is 4.74 Å². The average molecular weight is 341 g/mol. The third-order valence-electron chi connectivity index (χ3n) is 3.89. The van der Waals surface area contributed by atoms with Gasteiger partial charge in [-0.05, 0) is 24.3 Å². The van der Waals surface area contributed by atoms with Crippen LogP contribution in [0.15, 0.2) is 48.7 Å². The van der Waals surface area contributed by atoms with Gasteiger partial charge in [-0.1, -0.05) is 18.2 Å². The van der Waals surface area contributed by atoms with Gasteiger partial charge in [0.15, 0.2) is 0 Å². The van der Waals surface area contributed by atoms with E-state index < -0.39 is 0 Å². The van der Waals surface area contributed by atoms with Gasteiger partial charge in [0, 0.05) is 31.9 Å². The van der Waals surface area contributed by atoms with Crippen molar-refractivity contribution in [1.29, 1.82) is 0 Å². The van der Waals surface area contributed by atoms with Crippen LogP contribution in [0.2, 0.25) is 0 Å². The van der Waals surface area contributed by atoms with Crippen LogP contribution in [0.25, 0.3) is 0 Å². The number of urea groups is 1. The minimum absolute atomic E-state index is 0.291. The van der Waals surface area contributed by atoms with E-state index in [4.69, 9.17) is 4.74 Å². The molecule has 0 atom stereocenters. The van der Waals surface area contributed by atoms with Crippen molar-refractivity contribution in [2.75, 3.05) is 55.3 Å². The van der Waals surface area contributed by atoms with Gasteiger partial charge >= 0.3 is 6.03 Å². The molecule has 3 N–H and O–H groups in total. The predicted molar refractivity (Wildman–Crippen MR) is 99.1 cm³/mol. The smallest absolute Gasteiger partial charge is 0.323 e.